The lowest BCUT2D eigenvalue weighted by Gasteiger charge is -2.30. The van der Waals surface area contributed by atoms with Gasteiger partial charge in [-0.15, -0.1) is 0 Å². The number of piperidine rings is 1. The second kappa shape index (κ2) is 6.14. The number of benzene rings is 1. The number of fused-ring (bicyclic) bond motifs is 2. The van der Waals surface area contributed by atoms with Crippen molar-refractivity contribution in [2.24, 2.45) is 5.92 Å². The van der Waals surface area contributed by atoms with Gasteiger partial charge in [0, 0.05) is 30.7 Å². The molecule has 4 heteroatoms. The van der Waals surface area contributed by atoms with Crippen LogP contribution < -0.4 is 10.2 Å². The molecule has 0 saturated carbocycles. The van der Waals surface area contributed by atoms with Crippen molar-refractivity contribution in [1.82, 2.24) is 5.32 Å². The van der Waals surface area contributed by atoms with Gasteiger partial charge in [-0.3, -0.25) is 4.79 Å². The van der Waals surface area contributed by atoms with Crippen LogP contribution in [-0.4, -0.2) is 24.5 Å². The molecule has 2 saturated heterocycles. The van der Waals surface area contributed by atoms with Gasteiger partial charge in [-0.1, -0.05) is 6.07 Å². The first-order valence-corrected chi connectivity index (χ1v) is 7.97. The van der Waals surface area contributed by atoms with Crippen LogP contribution in [0.15, 0.2) is 24.3 Å². The number of amides is 1. The molecule has 21 heavy (non-hydrogen) atoms. The van der Waals surface area contributed by atoms with Crippen LogP contribution in [0.3, 0.4) is 0 Å². The molecule has 2 aliphatic heterocycles. The molecule has 2 unspecified atom stereocenters. The Hall–Kier alpha value is -1.42. The molecule has 114 valence electrons. The minimum atomic E-state index is -0.293. The molecule has 0 spiro atoms. The largest absolute Gasteiger partial charge is 0.313 e. The van der Waals surface area contributed by atoms with Crippen molar-refractivity contribution < 1.29 is 9.18 Å². The fourth-order valence-corrected chi connectivity index (χ4v) is 3.85. The van der Waals surface area contributed by atoms with E-state index in [2.05, 4.69) is 5.32 Å². The maximum absolute atomic E-state index is 13.4. The number of nitrogens with zero attached hydrogens (tertiary/aromatic N) is 1. The lowest BCUT2D eigenvalue weighted by atomic mass is 9.89. The predicted octanol–water partition coefficient (Wildman–Crippen LogP) is 3.10. The fraction of sp³-hybridized carbons (Fsp3) is 0.588. The van der Waals surface area contributed by atoms with Crippen LogP contribution in [0.25, 0.3) is 0 Å². The zero-order valence-electron chi connectivity index (χ0n) is 12.5. The highest BCUT2D eigenvalue weighted by molar-refractivity contribution is 5.93. The molecule has 2 heterocycles. The lowest BCUT2D eigenvalue weighted by Crippen LogP contribution is -2.40. The summed E-state index contributed by atoms with van der Waals surface area (Å²) >= 11 is 0. The number of hydrogen-bond acceptors (Lipinski definition) is 2. The van der Waals surface area contributed by atoms with Gasteiger partial charge in [-0.2, -0.15) is 0 Å². The van der Waals surface area contributed by atoms with Crippen LogP contribution in [0.2, 0.25) is 0 Å². The minimum Gasteiger partial charge on any atom is -0.313 e. The van der Waals surface area contributed by atoms with E-state index < -0.39 is 0 Å². The summed E-state index contributed by atoms with van der Waals surface area (Å²) in [6.07, 6.45) is 5.28. The molecule has 0 aliphatic carbocycles. The Morgan fingerprint density at radius 3 is 2.67 bits per heavy atom. The van der Waals surface area contributed by atoms with Gasteiger partial charge in [0.05, 0.1) is 0 Å². The van der Waals surface area contributed by atoms with E-state index in [0.717, 1.165) is 12.8 Å². The summed E-state index contributed by atoms with van der Waals surface area (Å²) in [5.74, 6) is 0.298. The second-order valence-corrected chi connectivity index (χ2v) is 6.30. The Balaban J connectivity index is 1.65. The Labute approximate surface area is 125 Å². The molecule has 0 radical (unpaired) electrons. The van der Waals surface area contributed by atoms with Crippen LogP contribution in [0.5, 0.6) is 0 Å². The van der Waals surface area contributed by atoms with Gasteiger partial charge >= 0.3 is 0 Å². The molecule has 2 bridgehead atoms. The Morgan fingerprint density at radius 2 is 2.05 bits per heavy atom. The number of rotatable bonds is 4. The van der Waals surface area contributed by atoms with Gasteiger partial charge in [-0.05, 0) is 56.7 Å². The predicted molar refractivity (Wildman–Crippen MR) is 81.7 cm³/mol. The number of carbonyl (C=O) groups is 1. The highest BCUT2D eigenvalue weighted by atomic mass is 19.1. The number of halogens is 1. The third kappa shape index (κ3) is 3.26. The molecule has 0 aromatic heterocycles. The Kier molecular flexibility index (Phi) is 4.24. The number of hydrogen-bond donors (Lipinski definition) is 1. The Morgan fingerprint density at radius 1 is 1.33 bits per heavy atom. The van der Waals surface area contributed by atoms with Crippen LogP contribution in [0.4, 0.5) is 10.1 Å². The van der Waals surface area contributed by atoms with Crippen molar-refractivity contribution in [2.75, 3.05) is 11.4 Å². The minimum absolute atomic E-state index is 0.120. The van der Waals surface area contributed by atoms with Crippen molar-refractivity contribution in [3.63, 3.8) is 0 Å². The lowest BCUT2D eigenvalue weighted by molar-refractivity contribution is -0.119. The Bertz CT molecular complexity index is 507. The van der Waals surface area contributed by atoms with Crippen molar-refractivity contribution in [1.29, 1.82) is 0 Å². The third-order valence-electron chi connectivity index (χ3n) is 4.77. The van der Waals surface area contributed by atoms with Gasteiger partial charge in [-0.25, -0.2) is 4.39 Å². The molecule has 1 N–H and O–H groups in total. The van der Waals surface area contributed by atoms with E-state index in [-0.39, 0.29) is 11.7 Å². The molecule has 2 atom stereocenters. The van der Waals surface area contributed by atoms with Gasteiger partial charge in [0.2, 0.25) is 5.91 Å². The summed E-state index contributed by atoms with van der Waals surface area (Å²) < 4.78 is 13.4. The van der Waals surface area contributed by atoms with Crippen LogP contribution in [-0.2, 0) is 4.79 Å². The molecular weight excluding hydrogens is 267 g/mol. The van der Waals surface area contributed by atoms with Crippen LogP contribution in [0, 0.1) is 11.7 Å². The van der Waals surface area contributed by atoms with E-state index >= 15 is 0 Å². The molecule has 2 fully saturated rings. The van der Waals surface area contributed by atoms with Crippen molar-refractivity contribution in [2.45, 2.75) is 51.1 Å². The molecular formula is C17H23FN2O. The van der Waals surface area contributed by atoms with Gasteiger partial charge in [0.15, 0.2) is 0 Å². The highest BCUT2D eigenvalue weighted by Gasteiger charge is 2.34. The first-order chi connectivity index (χ1) is 10.2. The van der Waals surface area contributed by atoms with Gasteiger partial charge in [0.1, 0.15) is 5.82 Å². The topological polar surface area (TPSA) is 32.3 Å². The summed E-state index contributed by atoms with van der Waals surface area (Å²) in [6, 6.07) is 7.51. The maximum atomic E-state index is 13.4. The molecule has 1 aromatic rings. The number of nitrogens with one attached hydrogen (secondary N) is 1. The molecule has 2 aliphatic rings. The molecule has 1 amide bonds. The van der Waals surface area contributed by atoms with Crippen LogP contribution in [0.1, 0.15) is 39.0 Å². The van der Waals surface area contributed by atoms with E-state index in [1.54, 1.807) is 17.0 Å². The SMILES string of the molecule is CCN(C(=O)CC1CC2CCC(C1)N2)c1cccc(F)c1. The quantitative estimate of drug-likeness (QED) is 0.924. The van der Waals surface area contributed by atoms with E-state index in [1.807, 2.05) is 6.92 Å². The van der Waals surface area contributed by atoms with Crippen LogP contribution >= 0.6 is 0 Å². The standard InChI is InChI=1S/C17H23FN2O/c1-2-20(16-5-3-4-13(18)11-16)17(21)10-12-8-14-6-7-15(9-12)19-14/h3-5,11-12,14-15,19H,2,6-10H2,1H3. The van der Waals surface area contributed by atoms with E-state index in [9.17, 15) is 9.18 Å². The number of anilines is 1. The summed E-state index contributed by atoms with van der Waals surface area (Å²) in [7, 11) is 0. The van der Waals surface area contributed by atoms with Crippen molar-refractivity contribution in [3.8, 4) is 0 Å². The summed E-state index contributed by atoms with van der Waals surface area (Å²) in [5.41, 5.74) is 0.666. The molecule has 3 nitrogen and oxygen atoms in total. The monoisotopic (exact) mass is 290 g/mol. The molecule has 3 rings (SSSR count). The second-order valence-electron chi connectivity index (χ2n) is 6.30. The zero-order valence-corrected chi connectivity index (χ0v) is 12.5. The van der Waals surface area contributed by atoms with E-state index in [4.69, 9.17) is 0 Å². The maximum Gasteiger partial charge on any atom is 0.227 e. The summed E-state index contributed by atoms with van der Waals surface area (Å²) in [6.45, 7) is 2.52. The summed E-state index contributed by atoms with van der Waals surface area (Å²) in [5, 5.41) is 3.60. The molecule has 1 aromatic carbocycles. The van der Waals surface area contributed by atoms with Crippen molar-refractivity contribution >= 4 is 11.6 Å². The normalized spacial score (nSPS) is 27.6. The zero-order chi connectivity index (χ0) is 14.8. The van der Waals surface area contributed by atoms with Crippen molar-refractivity contribution in [3.05, 3.63) is 30.1 Å². The fourth-order valence-electron chi connectivity index (χ4n) is 3.85. The number of carbonyl (C=O) groups excluding carboxylic acids is 1. The average Bonchev–Trinajstić information content (AvgIpc) is 2.79. The van der Waals surface area contributed by atoms with E-state index in [0.29, 0.717) is 36.7 Å². The first-order valence-electron chi connectivity index (χ1n) is 7.97. The first kappa shape index (κ1) is 14.5. The smallest absolute Gasteiger partial charge is 0.227 e. The van der Waals surface area contributed by atoms with E-state index in [1.165, 1.54) is 25.0 Å². The van der Waals surface area contributed by atoms with Gasteiger partial charge < -0.3 is 10.2 Å². The van der Waals surface area contributed by atoms with Gasteiger partial charge in [0.25, 0.3) is 0 Å². The highest BCUT2D eigenvalue weighted by Crippen LogP contribution is 2.33. The third-order valence-corrected chi connectivity index (χ3v) is 4.77. The summed E-state index contributed by atoms with van der Waals surface area (Å²) in [4.78, 5) is 14.3. The average molecular weight is 290 g/mol.